The monoisotopic (exact) mass is 462 g/mol. The fraction of sp³-hybridized carbons (Fsp3) is 0.333. The number of anilines is 1. The second-order valence-electron chi connectivity index (χ2n) is 8.83. The number of aryl methyl sites for hydroxylation is 1. The number of amides is 1. The van der Waals surface area contributed by atoms with E-state index in [2.05, 4.69) is 10.4 Å². The first-order valence-electron chi connectivity index (χ1n) is 11.6. The van der Waals surface area contributed by atoms with Gasteiger partial charge in [0.2, 0.25) is 5.91 Å². The van der Waals surface area contributed by atoms with Gasteiger partial charge in [0, 0.05) is 37.0 Å². The van der Waals surface area contributed by atoms with Crippen LogP contribution in [0.3, 0.4) is 0 Å². The number of hydrogen-bond donors (Lipinski definition) is 1. The molecule has 34 heavy (non-hydrogen) atoms. The summed E-state index contributed by atoms with van der Waals surface area (Å²) in [6, 6.07) is 15.0. The lowest BCUT2D eigenvalue weighted by Gasteiger charge is -2.37. The minimum atomic E-state index is -0.289. The summed E-state index contributed by atoms with van der Waals surface area (Å²) in [5.41, 5.74) is 4.95. The van der Waals surface area contributed by atoms with Crippen LogP contribution in [0.25, 0.3) is 11.8 Å². The van der Waals surface area contributed by atoms with Crippen molar-refractivity contribution >= 4 is 17.7 Å². The Morgan fingerprint density at radius 1 is 1.15 bits per heavy atom. The van der Waals surface area contributed by atoms with Crippen LogP contribution >= 0.6 is 0 Å². The van der Waals surface area contributed by atoms with E-state index in [1.54, 1.807) is 12.1 Å². The molecule has 7 heteroatoms. The molecular formula is C27H31FN4O2. The van der Waals surface area contributed by atoms with Crippen LogP contribution in [-0.4, -0.2) is 41.0 Å². The molecule has 1 aromatic heterocycles. The van der Waals surface area contributed by atoms with Gasteiger partial charge in [-0.3, -0.25) is 4.79 Å². The first-order valence-corrected chi connectivity index (χ1v) is 11.6. The Balaban J connectivity index is 1.38. The van der Waals surface area contributed by atoms with Crippen molar-refractivity contribution in [2.75, 3.05) is 18.0 Å². The number of hydrogen-bond acceptors (Lipinski definition) is 4. The van der Waals surface area contributed by atoms with E-state index in [1.807, 2.05) is 73.7 Å². The van der Waals surface area contributed by atoms with Crippen LogP contribution < -0.4 is 10.2 Å². The van der Waals surface area contributed by atoms with Gasteiger partial charge in [-0.2, -0.15) is 5.10 Å². The number of rotatable bonds is 6. The predicted octanol–water partition coefficient (Wildman–Crippen LogP) is 4.57. The van der Waals surface area contributed by atoms with Crippen molar-refractivity contribution in [2.24, 2.45) is 0 Å². The van der Waals surface area contributed by atoms with E-state index >= 15 is 0 Å². The van der Waals surface area contributed by atoms with Crippen LogP contribution in [0.15, 0.2) is 54.6 Å². The van der Waals surface area contributed by atoms with E-state index in [0.29, 0.717) is 24.3 Å². The number of para-hydroxylation sites is 1. The lowest BCUT2D eigenvalue weighted by Crippen LogP contribution is -2.45. The summed E-state index contributed by atoms with van der Waals surface area (Å²) in [6.07, 6.45) is 3.38. The number of benzene rings is 2. The Labute approximate surface area is 200 Å². The molecule has 6 nitrogen and oxygen atoms in total. The van der Waals surface area contributed by atoms with E-state index in [4.69, 9.17) is 4.74 Å². The van der Waals surface area contributed by atoms with Crippen LogP contribution in [0.2, 0.25) is 0 Å². The molecule has 1 aliphatic heterocycles. The Morgan fingerprint density at radius 3 is 2.53 bits per heavy atom. The standard InChI is InChI=1S/C27H31FN4O2/c1-18-16-31(17-19(2)34-18)26-12-10-22(14-25(26)28)15-29-27(33)13-11-24-20(3)30-32(21(24)4)23-8-6-5-7-9-23/h5-14,18-19H,15-17H2,1-4H3,(H,29,33). The van der Waals surface area contributed by atoms with Gasteiger partial charge in [-0.25, -0.2) is 9.07 Å². The normalized spacial score (nSPS) is 18.4. The zero-order chi connectivity index (χ0) is 24.2. The fourth-order valence-corrected chi connectivity index (χ4v) is 4.42. The number of carbonyl (C=O) groups excluding carboxylic acids is 1. The van der Waals surface area contributed by atoms with Crippen molar-refractivity contribution in [2.45, 2.75) is 46.4 Å². The molecule has 4 rings (SSSR count). The van der Waals surface area contributed by atoms with Gasteiger partial charge in [0.1, 0.15) is 5.82 Å². The van der Waals surface area contributed by atoms with Crippen molar-refractivity contribution in [3.63, 3.8) is 0 Å². The summed E-state index contributed by atoms with van der Waals surface area (Å²) in [6.45, 7) is 9.44. The van der Waals surface area contributed by atoms with Crippen LogP contribution in [0.5, 0.6) is 0 Å². The van der Waals surface area contributed by atoms with Crippen LogP contribution in [0.4, 0.5) is 10.1 Å². The highest BCUT2D eigenvalue weighted by atomic mass is 19.1. The molecule has 1 amide bonds. The highest BCUT2D eigenvalue weighted by Crippen LogP contribution is 2.24. The van der Waals surface area contributed by atoms with E-state index in [-0.39, 0.29) is 30.5 Å². The number of halogens is 1. The van der Waals surface area contributed by atoms with E-state index in [0.717, 1.165) is 22.6 Å². The Morgan fingerprint density at radius 2 is 1.85 bits per heavy atom. The quantitative estimate of drug-likeness (QED) is 0.545. The van der Waals surface area contributed by atoms with Gasteiger partial charge in [-0.1, -0.05) is 24.3 Å². The molecule has 0 saturated carbocycles. The summed E-state index contributed by atoms with van der Waals surface area (Å²) >= 11 is 0. The second kappa shape index (κ2) is 10.2. The third-order valence-electron chi connectivity index (χ3n) is 5.99. The van der Waals surface area contributed by atoms with E-state index in [1.165, 1.54) is 12.1 Å². The van der Waals surface area contributed by atoms with Gasteiger partial charge in [-0.05, 0) is 63.6 Å². The molecule has 0 spiro atoms. The topological polar surface area (TPSA) is 59.4 Å². The molecule has 0 bridgehead atoms. The van der Waals surface area contributed by atoms with Gasteiger partial charge >= 0.3 is 0 Å². The summed E-state index contributed by atoms with van der Waals surface area (Å²) < 4.78 is 22.4. The molecule has 178 valence electrons. The smallest absolute Gasteiger partial charge is 0.244 e. The van der Waals surface area contributed by atoms with Crippen molar-refractivity contribution in [1.29, 1.82) is 0 Å². The van der Waals surface area contributed by atoms with Crippen molar-refractivity contribution in [1.82, 2.24) is 15.1 Å². The number of nitrogens with zero attached hydrogens (tertiary/aromatic N) is 3. The van der Waals surface area contributed by atoms with Crippen LogP contribution in [0.1, 0.15) is 36.4 Å². The molecule has 0 aliphatic carbocycles. The summed E-state index contributed by atoms with van der Waals surface area (Å²) in [4.78, 5) is 14.4. The van der Waals surface area contributed by atoms with Gasteiger partial charge < -0.3 is 15.0 Å². The molecule has 1 N–H and O–H groups in total. The molecular weight excluding hydrogens is 431 g/mol. The first-order chi connectivity index (χ1) is 16.3. The zero-order valence-corrected chi connectivity index (χ0v) is 20.1. The first kappa shape index (κ1) is 23.7. The van der Waals surface area contributed by atoms with Crippen LogP contribution in [0, 0.1) is 19.7 Å². The maximum atomic E-state index is 14.8. The van der Waals surface area contributed by atoms with Crippen LogP contribution in [-0.2, 0) is 16.1 Å². The Bertz CT molecular complexity index is 1180. The molecule has 2 unspecified atom stereocenters. The predicted molar refractivity (Wildman–Crippen MR) is 133 cm³/mol. The molecule has 1 aliphatic rings. The average Bonchev–Trinajstić information content (AvgIpc) is 3.09. The number of ether oxygens (including phenoxy) is 1. The maximum absolute atomic E-state index is 14.8. The van der Waals surface area contributed by atoms with E-state index < -0.39 is 0 Å². The molecule has 3 aromatic rings. The molecule has 2 aromatic carbocycles. The summed E-state index contributed by atoms with van der Waals surface area (Å²) in [7, 11) is 0. The minimum Gasteiger partial charge on any atom is -0.372 e. The van der Waals surface area contributed by atoms with Crippen molar-refractivity contribution in [3.05, 3.63) is 82.9 Å². The Kier molecular flexibility index (Phi) is 7.12. The van der Waals surface area contributed by atoms with Gasteiger partial charge in [0.25, 0.3) is 0 Å². The van der Waals surface area contributed by atoms with Gasteiger partial charge in [0.05, 0.1) is 29.3 Å². The molecule has 2 heterocycles. The average molecular weight is 463 g/mol. The second-order valence-corrected chi connectivity index (χ2v) is 8.83. The summed E-state index contributed by atoms with van der Waals surface area (Å²) in [5.74, 6) is -0.533. The number of carbonyl (C=O) groups is 1. The van der Waals surface area contributed by atoms with E-state index in [9.17, 15) is 9.18 Å². The molecule has 0 radical (unpaired) electrons. The van der Waals surface area contributed by atoms with Gasteiger partial charge in [0.15, 0.2) is 0 Å². The number of nitrogens with one attached hydrogen (secondary N) is 1. The largest absolute Gasteiger partial charge is 0.372 e. The van der Waals surface area contributed by atoms with Crippen molar-refractivity contribution in [3.8, 4) is 5.69 Å². The number of aromatic nitrogens is 2. The highest BCUT2D eigenvalue weighted by molar-refractivity contribution is 5.92. The maximum Gasteiger partial charge on any atom is 0.244 e. The SMILES string of the molecule is Cc1nn(-c2ccccc2)c(C)c1C=CC(=O)NCc1ccc(N2CC(C)OC(C)C2)c(F)c1. The summed E-state index contributed by atoms with van der Waals surface area (Å²) in [5, 5.41) is 7.43. The number of morpholine rings is 1. The lowest BCUT2D eigenvalue weighted by molar-refractivity contribution is -0.116. The molecule has 1 fully saturated rings. The zero-order valence-electron chi connectivity index (χ0n) is 20.1. The third-order valence-corrected chi connectivity index (χ3v) is 5.99. The molecule has 2 atom stereocenters. The Hall–Kier alpha value is -3.45. The van der Waals surface area contributed by atoms with Crippen molar-refractivity contribution < 1.29 is 13.9 Å². The van der Waals surface area contributed by atoms with Gasteiger partial charge in [-0.15, -0.1) is 0 Å². The molecule has 1 saturated heterocycles. The fourth-order valence-electron chi connectivity index (χ4n) is 4.42. The minimum absolute atomic E-state index is 0.0565. The third kappa shape index (κ3) is 5.37. The highest BCUT2D eigenvalue weighted by Gasteiger charge is 2.24. The lowest BCUT2D eigenvalue weighted by atomic mass is 10.1.